The molecule has 2 aromatic rings. The fourth-order valence-corrected chi connectivity index (χ4v) is 1.79. The molecule has 20 heavy (non-hydrogen) atoms. The summed E-state index contributed by atoms with van der Waals surface area (Å²) >= 11 is 0. The maximum Gasteiger partial charge on any atom is 0.177 e. The number of aromatic nitrogens is 1. The van der Waals surface area contributed by atoms with Crippen molar-refractivity contribution in [3.63, 3.8) is 0 Å². The van der Waals surface area contributed by atoms with Crippen LogP contribution in [0.3, 0.4) is 0 Å². The lowest BCUT2D eigenvalue weighted by molar-refractivity contribution is -0.671. The van der Waals surface area contributed by atoms with E-state index in [1.54, 1.807) is 0 Å². The summed E-state index contributed by atoms with van der Waals surface area (Å²) in [6.45, 7) is 2.02. The molecular formula is C16H22IN3. The summed E-state index contributed by atoms with van der Waals surface area (Å²) in [6, 6.07) is 14.2. The number of aryl methyl sites for hydroxylation is 1. The van der Waals surface area contributed by atoms with E-state index in [9.17, 15) is 0 Å². The Kier molecular flexibility index (Phi) is 8.06. The van der Waals surface area contributed by atoms with Gasteiger partial charge in [0, 0.05) is 13.1 Å². The highest BCUT2D eigenvalue weighted by Gasteiger charge is 2.04. The second-order valence-electron chi connectivity index (χ2n) is 4.30. The van der Waals surface area contributed by atoms with Crippen LogP contribution in [0, 0.1) is 0 Å². The average molecular weight is 383 g/mol. The lowest BCUT2D eigenvalue weighted by atomic mass is 10.2. The third kappa shape index (κ3) is 4.92. The number of rotatable bonds is 3. The van der Waals surface area contributed by atoms with Gasteiger partial charge in [-0.2, -0.15) is 5.10 Å². The predicted molar refractivity (Wildman–Crippen MR) is 81.4 cm³/mol. The van der Waals surface area contributed by atoms with Crippen molar-refractivity contribution in [3.05, 3.63) is 60.4 Å². The van der Waals surface area contributed by atoms with Gasteiger partial charge in [-0.15, -0.1) is 0 Å². The molecule has 0 saturated heterocycles. The molecule has 3 nitrogen and oxygen atoms in total. The van der Waals surface area contributed by atoms with E-state index in [4.69, 9.17) is 0 Å². The Morgan fingerprint density at radius 3 is 2.35 bits per heavy atom. The average Bonchev–Trinajstić information content (AvgIpc) is 2.39. The van der Waals surface area contributed by atoms with Crippen LogP contribution in [0.4, 0.5) is 5.69 Å². The summed E-state index contributed by atoms with van der Waals surface area (Å²) in [6.07, 6.45) is 4.08. The van der Waals surface area contributed by atoms with Gasteiger partial charge in [0.1, 0.15) is 7.05 Å². The Morgan fingerprint density at radius 2 is 1.75 bits per heavy atom. The molecule has 0 bridgehead atoms. The van der Waals surface area contributed by atoms with Crippen LogP contribution in [-0.2, 0) is 7.05 Å². The Bertz CT molecular complexity index is 553. The summed E-state index contributed by atoms with van der Waals surface area (Å²) in [5.74, 6) is 0. The normalized spacial score (nSPS) is 10.2. The highest BCUT2D eigenvalue weighted by Crippen LogP contribution is 2.12. The number of pyridine rings is 1. The molecule has 0 aliphatic carbocycles. The minimum atomic E-state index is 0. The van der Waals surface area contributed by atoms with E-state index in [2.05, 4.69) is 17.4 Å². The lowest BCUT2D eigenvalue weighted by Gasteiger charge is -2.14. The third-order valence-electron chi connectivity index (χ3n) is 2.79. The quantitative estimate of drug-likeness (QED) is 0.317. The largest absolute Gasteiger partial charge is 1.00 e. The molecule has 0 aliphatic rings. The molecule has 1 aromatic carbocycles. The van der Waals surface area contributed by atoms with Gasteiger partial charge in [0.2, 0.25) is 0 Å². The molecule has 0 atom stereocenters. The van der Waals surface area contributed by atoms with Crippen LogP contribution in [-0.4, -0.2) is 12.8 Å². The monoisotopic (exact) mass is 383 g/mol. The van der Waals surface area contributed by atoms with Crippen molar-refractivity contribution >= 4 is 11.4 Å². The molecule has 0 spiro atoms. The van der Waals surface area contributed by atoms with Crippen LogP contribution < -0.4 is 33.6 Å². The van der Waals surface area contributed by atoms with E-state index < -0.39 is 0 Å². The molecule has 0 amide bonds. The molecule has 0 unspecified atom stereocenters. The number of para-hydroxylation sites is 1. The van der Waals surface area contributed by atoms with Crippen LogP contribution >= 0.6 is 0 Å². The van der Waals surface area contributed by atoms with Crippen molar-refractivity contribution in [2.24, 2.45) is 12.1 Å². The van der Waals surface area contributed by atoms with E-state index in [0.29, 0.717) is 0 Å². The van der Waals surface area contributed by atoms with Crippen molar-refractivity contribution < 1.29 is 28.5 Å². The van der Waals surface area contributed by atoms with E-state index >= 15 is 0 Å². The van der Waals surface area contributed by atoms with Gasteiger partial charge < -0.3 is 24.0 Å². The highest BCUT2D eigenvalue weighted by molar-refractivity contribution is 5.98. The topological polar surface area (TPSA) is 19.5 Å². The standard InChI is InChI=1S/C15H18N3.CH4.HI/c1-13(14-8-7-11-17(2)12-14)16-18(3)15-9-5-4-6-10-15;;/h4-12H,1-3H3;1H4;1H/q+1;;/p-1/b16-13+;;. The summed E-state index contributed by atoms with van der Waals surface area (Å²) in [5.41, 5.74) is 3.21. The molecule has 108 valence electrons. The molecular weight excluding hydrogens is 361 g/mol. The first-order valence-corrected chi connectivity index (χ1v) is 5.96. The Labute approximate surface area is 139 Å². The van der Waals surface area contributed by atoms with Crippen molar-refractivity contribution in [3.8, 4) is 0 Å². The second-order valence-corrected chi connectivity index (χ2v) is 4.30. The van der Waals surface area contributed by atoms with Gasteiger partial charge >= 0.3 is 0 Å². The van der Waals surface area contributed by atoms with Gasteiger partial charge in [-0.05, 0) is 25.1 Å². The first-order valence-electron chi connectivity index (χ1n) is 5.96. The number of anilines is 1. The minimum Gasteiger partial charge on any atom is -1.00 e. The van der Waals surface area contributed by atoms with Crippen LogP contribution in [0.1, 0.15) is 19.9 Å². The summed E-state index contributed by atoms with van der Waals surface area (Å²) in [5, 5.41) is 6.49. The zero-order valence-electron chi connectivity index (χ0n) is 11.4. The van der Waals surface area contributed by atoms with E-state index in [1.165, 1.54) is 0 Å². The van der Waals surface area contributed by atoms with Gasteiger partial charge in [-0.1, -0.05) is 25.6 Å². The third-order valence-corrected chi connectivity index (χ3v) is 2.79. The number of benzene rings is 1. The van der Waals surface area contributed by atoms with Gasteiger partial charge in [0.05, 0.1) is 17.0 Å². The molecule has 0 aliphatic heterocycles. The van der Waals surface area contributed by atoms with Gasteiger partial charge in [-0.3, -0.25) is 5.01 Å². The van der Waals surface area contributed by atoms with Crippen LogP contribution in [0.15, 0.2) is 60.0 Å². The Hall–Kier alpha value is -1.43. The molecule has 0 fully saturated rings. The van der Waals surface area contributed by atoms with Crippen molar-refractivity contribution in [1.82, 2.24) is 0 Å². The van der Waals surface area contributed by atoms with Crippen LogP contribution in [0.25, 0.3) is 0 Å². The van der Waals surface area contributed by atoms with Crippen molar-refractivity contribution in [2.75, 3.05) is 12.1 Å². The molecule has 1 aromatic heterocycles. The summed E-state index contributed by atoms with van der Waals surface area (Å²) < 4.78 is 2.02. The number of nitrogens with zero attached hydrogens (tertiary/aromatic N) is 3. The fraction of sp³-hybridized carbons (Fsp3) is 0.250. The number of hydrazone groups is 1. The Morgan fingerprint density at radius 1 is 1.10 bits per heavy atom. The van der Waals surface area contributed by atoms with Crippen LogP contribution in [0.2, 0.25) is 0 Å². The summed E-state index contributed by atoms with van der Waals surface area (Å²) in [4.78, 5) is 0. The van der Waals surface area contributed by atoms with Gasteiger partial charge in [0.15, 0.2) is 12.4 Å². The molecule has 4 heteroatoms. The lowest BCUT2D eigenvalue weighted by Crippen LogP contribution is -3.00. The Balaban J connectivity index is 0.00000180. The first kappa shape index (κ1) is 18.6. The van der Waals surface area contributed by atoms with Gasteiger partial charge in [0.25, 0.3) is 0 Å². The zero-order valence-corrected chi connectivity index (χ0v) is 13.6. The van der Waals surface area contributed by atoms with E-state index in [1.807, 2.05) is 73.2 Å². The molecule has 0 radical (unpaired) electrons. The smallest absolute Gasteiger partial charge is 0.177 e. The maximum absolute atomic E-state index is 4.60. The van der Waals surface area contributed by atoms with E-state index in [-0.39, 0.29) is 31.4 Å². The highest BCUT2D eigenvalue weighted by atomic mass is 127. The fourth-order valence-electron chi connectivity index (χ4n) is 1.79. The first-order chi connectivity index (χ1) is 8.66. The van der Waals surface area contributed by atoms with Gasteiger partial charge in [-0.25, -0.2) is 4.57 Å². The van der Waals surface area contributed by atoms with E-state index in [0.717, 1.165) is 17.0 Å². The summed E-state index contributed by atoms with van der Waals surface area (Å²) in [7, 11) is 3.97. The zero-order chi connectivity index (χ0) is 13.0. The minimum absolute atomic E-state index is 0. The maximum atomic E-state index is 4.60. The molecule has 0 saturated carbocycles. The predicted octanol–water partition coefficient (Wildman–Crippen LogP) is 0.0116. The van der Waals surface area contributed by atoms with Crippen molar-refractivity contribution in [2.45, 2.75) is 14.4 Å². The molecule has 1 heterocycles. The second kappa shape index (κ2) is 8.68. The molecule has 2 rings (SSSR count). The number of hydrogen-bond acceptors (Lipinski definition) is 2. The van der Waals surface area contributed by atoms with Crippen LogP contribution in [0.5, 0.6) is 0 Å². The number of hydrogen-bond donors (Lipinski definition) is 0. The van der Waals surface area contributed by atoms with Crippen molar-refractivity contribution in [1.29, 1.82) is 0 Å². The molecule has 0 N–H and O–H groups in total. The number of halogens is 1. The SMILES string of the molecule is C.C/C(=N\N(C)c1ccccc1)c1ccc[n+](C)c1.[I-].